The number of halogens is 2. The Hall–Kier alpha value is -0.900. The third-order valence-electron chi connectivity index (χ3n) is 2.04. The predicted octanol–water partition coefficient (Wildman–Crippen LogP) is 3.15. The molecule has 0 fully saturated rings. The van der Waals surface area contributed by atoms with E-state index in [1.165, 1.54) is 18.3 Å². The van der Waals surface area contributed by atoms with Crippen LogP contribution in [0, 0.1) is 0 Å². The van der Waals surface area contributed by atoms with Gasteiger partial charge in [-0.1, -0.05) is 11.6 Å². The van der Waals surface area contributed by atoms with E-state index in [1.54, 1.807) is 6.92 Å². The Morgan fingerprint density at radius 2 is 2.25 bits per heavy atom. The van der Waals surface area contributed by atoms with Gasteiger partial charge in [0.2, 0.25) is 5.82 Å². The quantitative estimate of drug-likeness (QED) is 0.836. The summed E-state index contributed by atoms with van der Waals surface area (Å²) in [5.74, 6) is 0.132. The van der Waals surface area contributed by atoms with E-state index < -0.39 is 10.0 Å². The molecule has 0 saturated carbocycles. The highest BCUT2D eigenvalue weighted by atomic mass is 79.9. The van der Waals surface area contributed by atoms with Crippen molar-refractivity contribution in [3.8, 4) is 5.88 Å². The van der Waals surface area contributed by atoms with Crippen molar-refractivity contribution >= 4 is 54.7 Å². The SMILES string of the molecule is CCOc1nc(Br)cnc1NS(=O)(=O)c1ccc(Cl)s1. The lowest BCUT2D eigenvalue weighted by Gasteiger charge is -2.10. The van der Waals surface area contributed by atoms with Gasteiger partial charge in [-0.2, -0.15) is 0 Å². The first-order valence-corrected chi connectivity index (χ1v) is 8.83. The van der Waals surface area contributed by atoms with Crippen molar-refractivity contribution in [1.29, 1.82) is 0 Å². The normalized spacial score (nSPS) is 11.3. The van der Waals surface area contributed by atoms with Crippen LogP contribution < -0.4 is 9.46 Å². The first-order valence-electron chi connectivity index (χ1n) is 5.36. The van der Waals surface area contributed by atoms with E-state index in [2.05, 4.69) is 30.6 Å². The summed E-state index contributed by atoms with van der Waals surface area (Å²) in [5.41, 5.74) is 0. The maximum atomic E-state index is 12.2. The number of sulfonamides is 1. The van der Waals surface area contributed by atoms with E-state index in [1.807, 2.05) is 0 Å². The van der Waals surface area contributed by atoms with Crippen molar-refractivity contribution < 1.29 is 13.2 Å². The van der Waals surface area contributed by atoms with Gasteiger partial charge in [-0.05, 0) is 35.0 Å². The first kappa shape index (κ1) is 15.5. The summed E-state index contributed by atoms with van der Waals surface area (Å²) in [6.45, 7) is 2.10. The Kier molecular flexibility index (Phi) is 4.84. The molecule has 0 unspecified atom stereocenters. The first-order chi connectivity index (χ1) is 9.42. The van der Waals surface area contributed by atoms with Gasteiger partial charge < -0.3 is 4.74 Å². The van der Waals surface area contributed by atoms with Crippen molar-refractivity contribution in [3.63, 3.8) is 0 Å². The number of rotatable bonds is 5. The zero-order chi connectivity index (χ0) is 14.8. The second-order valence-corrected chi connectivity index (χ2v) is 7.88. The summed E-state index contributed by atoms with van der Waals surface area (Å²) >= 11 is 9.84. The Labute approximate surface area is 133 Å². The van der Waals surface area contributed by atoms with Crippen molar-refractivity contribution in [2.75, 3.05) is 11.3 Å². The Balaban J connectivity index is 2.34. The molecule has 0 aliphatic rings. The molecule has 2 rings (SSSR count). The van der Waals surface area contributed by atoms with Gasteiger partial charge in [-0.3, -0.25) is 4.72 Å². The molecule has 2 aromatic rings. The summed E-state index contributed by atoms with van der Waals surface area (Å²) < 4.78 is 32.8. The van der Waals surface area contributed by atoms with Gasteiger partial charge in [0.05, 0.1) is 17.1 Å². The molecule has 0 spiro atoms. The van der Waals surface area contributed by atoms with Crippen molar-refractivity contribution in [2.24, 2.45) is 0 Å². The molecule has 0 aromatic carbocycles. The molecule has 108 valence electrons. The van der Waals surface area contributed by atoms with Crippen LogP contribution in [0.25, 0.3) is 0 Å². The van der Waals surface area contributed by atoms with Crippen LogP contribution in [0.15, 0.2) is 27.1 Å². The van der Waals surface area contributed by atoms with Crippen molar-refractivity contribution in [3.05, 3.63) is 27.3 Å². The molecule has 0 bridgehead atoms. The number of ether oxygens (including phenoxy) is 1. The Morgan fingerprint density at radius 1 is 1.50 bits per heavy atom. The number of hydrogen-bond donors (Lipinski definition) is 1. The molecule has 0 aliphatic carbocycles. The van der Waals surface area contributed by atoms with Crippen LogP contribution in [0.1, 0.15) is 6.92 Å². The van der Waals surface area contributed by atoms with Gasteiger partial charge in [0.1, 0.15) is 8.81 Å². The lowest BCUT2D eigenvalue weighted by atomic mass is 10.6. The molecule has 0 atom stereocenters. The van der Waals surface area contributed by atoms with Gasteiger partial charge in [0, 0.05) is 0 Å². The molecular formula is C10H9BrClN3O3S2. The number of nitrogens with one attached hydrogen (secondary N) is 1. The van der Waals surface area contributed by atoms with Gasteiger partial charge in [0.15, 0.2) is 0 Å². The maximum Gasteiger partial charge on any atom is 0.272 e. The molecular weight excluding hydrogens is 390 g/mol. The van der Waals surface area contributed by atoms with Crippen molar-refractivity contribution in [2.45, 2.75) is 11.1 Å². The zero-order valence-electron chi connectivity index (χ0n) is 10.1. The fourth-order valence-electron chi connectivity index (χ4n) is 1.28. The number of hydrogen-bond acceptors (Lipinski definition) is 6. The fourth-order valence-corrected chi connectivity index (χ4v) is 4.03. The number of nitrogens with zero attached hydrogens (tertiary/aromatic N) is 2. The fraction of sp³-hybridized carbons (Fsp3) is 0.200. The average molecular weight is 399 g/mol. The Morgan fingerprint density at radius 3 is 2.85 bits per heavy atom. The highest BCUT2D eigenvalue weighted by Crippen LogP contribution is 2.29. The summed E-state index contributed by atoms with van der Waals surface area (Å²) in [5, 5.41) is 0. The largest absolute Gasteiger partial charge is 0.475 e. The lowest BCUT2D eigenvalue weighted by Crippen LogP contribution is -2.14. The van der Waals surface area contributed by atoms with E-state index in [-0.39, 0.29) is 15.9 Å². The van der Waals surface area contributed by atoms with E-state index in [0.717, 1.165) is 11.3 Å². The number of anilines is 1. The summed E-state index contributed by atoms with van der Waals surface area (Å²) in [4.78, 5) is 7.99. The third kappa shape index (κ3) is 3.60. The predicted molar refractivity (Wildman–Crippen MR) is 81.0 cm³/mol. The molecule has 2 heterocycles. The summed E-state index contributed by atoms with van der Waals surface area (Å²) in [7, 11) is -3.76. The average Bonchev–Trinajstić information content (AvgIpc) is 2.80. The molecule has 0 amide bonds. The molecule has 20 heavy (non-hydrogen) atoms. The molecule has 0 aliphatic heterocycles. The minimum Gasteiger partial charge on any atom is -0.475 e. The van der Waals surface area contributed by atoms with Crippen LogP contribution in [0.3, 0.4) is 0 Å². The molecule has 6 nitrogen and oxygen atoms in total. The van der Waals surface area contributed by atoms with Crippen LogP contribution in [0.5, 0.6) is 5.88 Å². The van der Waals surface area contributed by atoms with Gasteiger partial charge in [0.25, 0.3) is 15.9 Å². The molecule has 2 aromatic heterocycles. The lowest BCUT2D eigenvalue weighted by molar-refractivity contribution is 0.327. The van der Waals surface area contributed by atoms with Crippen molar-refractivity contribution in [1.82, 2.24) is 9.97 Å². The minimum absolute atomic E-state index is 0.0274. The molecule has 0 saturated heterocycles. The second-order valence-electron chi connectivity index (χ2n) is 3.44. The smallest absolute Gasteiger partial charge is 0.272 e. The van der Waals surface area contributed by atoms with E-state index in [4.69, 9.17) is 16.3 Å². The standard InChI is InChI=1S/C10H9BrClN3O3S2/c1-2-18-10-9(13-5-6(11)14-10)15-20(16,17)8-4-3-7(12)19-8/h3-5H,2H2,1H3,(H,13,15). The van der Waals surface area contributed by atoms with Crippen LogP contribution >= 0.6 is 38.9 Å². The molecule has 0 radical (unpaired) electrons. The van der Waals surface area contributed by atoms with Gasteiger partial charge >= 0.3 is 0 Å². The van der Waals surface area contributed by atoms with Crippen LogP contribution in [-0.2, 0) is 10.0 Å². The van der Waals surface area contributed by atoms with Gasteiger partial charge in [-0.25, -0.2) is 18.4 Å². The maximum absolute atomic E-state index is 12.2. The van der Waals surface area contributed by atoms with E-state index in [0.29, 0.717) is 15.5 Å². The summed E-state index contributed by atoms with van der Waals surface area (Å²) in [6, 6.07) is 2.93. The molecule has 10 heteroatoms. The molecule has 1 N–H and O–H groups in total. The van der Waals surface area contributed by atoms with Gasteiger partial charge in [-0.15, -0.1) is 11.3 Å². The second kappa shape index (κ2) is 6.25. The van der Waals surface area contributed by atoms with E-state index >= 15 is 0 Å². The highest BCUT2D eigenvalue weighted by molar-refractivity contribution is 9.10. The monoisotopic (exact) mass is 397 g/mol. The Bertz CT molecular complexity index is 720. The van der Waals surface area contributed by atoms with Crippen LogP contribution in [-0.4, -0.2) is 25.0 Å². The summed E-state index contributed by atoms with van der Waals surface area (Å²) in [6.07, 6.45) is 1.38. The van der Waals surface area contributed by atoms with E-state index in [9.17, 15) is 8.42 Å². The topological polar surface area (TPSA) is 81.2 Å². The van der Waals surface area contributed by atoms with Crippen LogP contribution in [0.2, 0.25) is 4.34 Å². The number of thiophene rings is 1. The zero-order valence-corrected chi connectivity index (χ0v) is 14.1. The minimum atomic E-state index is -3.76. The third-order valence-corrected chi connectivity index (χ3v) is 5.48. The number of aromatic nitrogens is 2. The van der Waals surface area contributed by atoms with Crippen LogP contribution in [0.4, 0.5) is 5.82 Å². The highest BCUT2D eigenvalue weighted by Gasteiger charge is 2.20.